The van der Waals surface area contributed by atoms with Crippen molar-refractivity contribution in [2.45, 2.75) is 44.2 Å². The predicted molar refractivity (Wildman–Crippen MR) is 125 cm³/mol. The van der Waals surface area contributed by atoms with E-state index in [1.54, 1.807) is 0 Å². The van der Waals surface area contributed by atoms with E-state index in [1.165, 1.54) is 0 Å². The van der Waals surface area contributed by atoms with Gasteiger partial charge in [-0.1, -0.05) is 61.9 Å². The molecule has 1 unspecified atom stereocenters. The maximum absolute atomic E-state index is 12.8. The Balaban J connectivity index is 1.32. The third kappa shape index (κ3) is 5.07. The standard InChI is InChI=1S/C26H30N2O6/c1-2-7-16(24(29)28-22-12-13-33-23(22)25(30)31)14-27-26(32)34-15-21-19-10-5-3-8-17(19)18-9-4-6-11-20(18)21/h3-6,8-11,16,21-23H,2,7,12-15H2,1H3,(H,27,32)(H,28,29)(H,30,31)/t16?,22-,23+/m0/s1. The Morgan fingerprint density at radius 2 is 1.74 bits per heavy atom. The molecule has 4 rings (SSSR count). The van der Waals surface area contributed by atoms with Crippen LogP contribution < -0.4 is 10.6 Å². The Morgan fingerprint density at radius 3 is 2.35 bits per heavy atom. The van der Waals surface area contributed by atoms with Crippen molar-refractivity contribution in [2.75, 3.05) is 19.8 Å². The first-order valence-electron chi connectivity index (χ1n) is 11.7. The largest absolute Gasteiger partial charge is 0.479 e. The van der Waals surface area contributed by atoms with Gasteiger partial charge in [0.2, 0.25) is 5.91 Å². The molecule has 1 saturated heterocycles. The fourth-order valence-electron chi connectivity index (χ4n) is 4.81. The fraction of sp³-hybridized carbons (Fsp3) is 0.423. The van der Waals surface area contributed by atoms with Gasteiger partial charge in [-0.25, -0.2) is 9.59 Å². The molecule has 0 radical (unpaired) electrons. The number of amides is 2. The van der Waals surface area contributed by atoms with Gasteiger partial charge in [0.1, 0.15) is 6.61 Å². The molecule has 2 aromatic rings. The van der Waals surface area contributed by atoms with Crippen LogP contribution in [0.4, 0.5) is 4.79 Å². The Morgan fingerprint density at radius 1 is 1.09 bits per heavy atom. The highest BCUT2D eigenvalue weighted by Crippen LogP contribution is 2.44. The van der Waals surface area contributed by atoms with E-state index in [9.17, 15) is 19.5 Å². The van der Waals surface area contributed by atoms with Gasteiger partial charge in [0, 0.05) is 19.1 Å². The number of carboxylic acids is 1. The summed E-state index contributed by atoms with van der Waals surface area (Å²) >= 11 is 0. The Kier molecular flexibility index (Phi) is 7.47. The van der Waals surface area contributed by atoms with E-state index in [1.807, 2.05) is 31.2 Å². The second kappa shape index (κ2) is 10.7. The quantitative estimate of drug-likeness (QED) is 0.523. The lowest BCUT2D eigenvalue weighted by molar-refractivity contribution is -0.148. The molecule has 0 saturated carbocycles. The van der Waals surface area contributed by atoms with E-state index >= 15 is 0 Å². The summed E-state index contributed by atoms with van der Waals surface area (Å²) in [6.45, 7) is 2.55. The molecule has 3 atom stereocenters. The molecule has 8 nitrogen and oxygen atoms in total. The molecular formula is C26H30N2O6. The molecule has 2 amide bonds. The van der Waals surface area contributed by atoms with Crippen molar-refractivity contribution in [3.63, 3.8) is 0 Å². The summed E-state index contributed by atoms with van der Waals surface area (Å²) in [5, 5.41) is 14.7. The number of rotatable bonds is 9. The number of carboxylic acid groups (broad SMARTS) is 1. The average molecular weight is 467 g/mol. The lowest BCUT2D eigenvalue weighted by Gasteiger charge is -2.22. The fourth-order valence-corrected chi connectivity index (χ4v) is 4.81. The van der Waals surface area contributed by atoms with Gasteiger partial charge < -0.3 is 25.2 Å². The zero-order valence-electron chi connectivity index (χ0n) is 19.2. The molecule has 180 valence electrons. The second-order valence-electron chi connectivity index (χ2n) is 8.73. The number of alkyl carbamates (subject to hydrolysis) is 1. The van der Waals surface area contributed by atoms with Crippen LogP contribution in [-0.4, -0.2) is 55.0 Å². The summed E-state index contributed by atoms with van der Waals surface area (Å²) in [6.07, 6.45) is 0.126. The van der Waals surface area contributed by atoms with Crippen molar-refractivity contribution in [1.82, 2.24) is 10.6 Å². The van der Waals surface area contributed by atoms with Gasteiger partial charge in [0.15, 0.2) is 6.10 Å². The highest BCUT2D eigenvalue weighted by molar-refractivity contribution is 5.82. The first-order valence-corrected chi connectivity index (χ1v) is 11.7. The van der Waals surface area contributed by atoms with Gasteiger partial charge >= 0.3 is 12.1 Å². The van der Waals surface area contributed by atoms with Crippen molar-refractivity contribution in [3.8, 4) is 11.1 Å². The van der Waals surface area contributed by atoms with E-state index in [0.29, 0.717) is 19.4 Å². The minimum atomic E-state index is -1.09. The van der Waals surface area contributed by atoms with E-state index in [4.69, 9.17) is 9.47 Å². The number of aliphatic carboxylic acids is 1. The Labute approximate surface area is 198 Å². The van der Waals surface area contributed by atoms with Crippen molar-refractivity contribution < 1.29 is 29.0 Å². The molecule has 0 bridgehead atoms. The smallest absolute Gasteiger partial charge is 0.407 e. The van der Waals surface area contributed by atoms with E-state index in [-0.39, 0.29) is 25.0 Å². The predicted octanol–water partition coefficient (Wildman–Crippen LogP) is 3.30. The second-order valence-corrected chi connectivity index (χ2v) is 8.73. The summed E-state index contributed by atoms with van der Waals surface area (Å²) in [4.78, 5) is 36.5. The van der Waals surface area contributed by atoms with Gasteiger partial charge in [-0.2, -0.15) is 0 Å². The molecule has 8 heteroatoms. The van der Waals surface area contributed by atoms with Gasteiger partial charge in [-0.05, 0) is 35.1 Å². The topological polar surface area (TPSA) is 114 Å². The maximum atomic E-state index is 12.8. The minimum Gasteiger partial charge on any atom is -0.479 e. The first kappa shape index (κ1) is 23.8. The van der Waals surface area contributed by atoms with Gasteiger partial charge in [-0.3, -0.25) is 4.79 Å². The number of ether oxygens (including phenoxy) is 2. The van der Waals surface area contributed by atoms with Crippen LogP contribution in [0.15, 0.2) is 48.5 Å². The summed E-state index contributed by atoms with van der Waals surface area (Å²) in [6, 6.07) is 15.7. The molecule has 34 heavy (non-hydrogen) atoms. The van der Waals surface area contributed by atoms with Crippen molar-refractivity contribution in [2.24, 2.45) is 5.92 Å². The van der Waals surface area contributed by atoms with Crippen LogP contribution in [0, 0.1) is 5.92 Å². The summed E-state index contributed by atoms with van der Waals surface area (Å²) in [5.41, 5.74) is 4.57. The number of carbonyl (C=O) groups excluding carboxylic acids is 2. The van der Waals surface area contributed by atoms with Crippen molar-refractivity contribution >= 4 is 18.0 Å². The van der Waals surface area contributed by atoms with E-state index in [0.717, 1.165) is 28.7 Å². The van der Waals surface area contributed by atoms with Crippen LogP contribution in [0.5, 0.6) is 0 Å². The Hall–Kier alpha value is -3.39. The van der Waals surface area contributed by atoms with Crippen LogP contribution >= 0.6 is 0 Å². The number of fused-ring (bicyclic) bond motifs is 3. The zero-order valence-corrected chi connectivity index (χ0v) is 19.2. The highest BCUT2D eigenvalue weighted by Gasteiger charge is 2.36. The monoisotopic (exact) mass is 466 g/mol. The molecule has 0 aromatic heterocycles. The Bertz CT molecular complexity index is 1010. The van der Waals surface area contributed by atoms with E-state index in [2.05, 4.69) is 34.9 Å². The number of benzene rings is 2. The molecule has 0 spiro atoms. The SMILES string of the molecule is CCCC(CNC(=O)OCC1c2ccccc2-c2ccccc21)C(=O)N[C@H]1CCO[C@H]1C(=O)O. The average Bonchev–Trinajstić information content (AvgIpc) is 3.43. The third-order valence-corrected chi connectivity index (χ3v) is 6.51. The summed E-state index contributed by atoms with van der Waals surface area (Å²) < 4.78 is 10.7. The maximum Gasteiger partial charge on any atom is 0.407 e. The van der Waals surface area contributed by atoms with Gasteiger partial charge in [0.25, 0.3) is 0 Å². The molecule has 1 heterocycles. The van der Waals surface area contributed by atoms with Gasteiger partial charge in [-0.15, -0.1) is 0 Å². The molecule has 2 aliphatic rings. The van der Waals surface area contributed by atoms with Crippen molar-refractivity contribution in [3.05, 3.63) is 59.7 Å². The van der Waals surface area contributed by atoms with E-state index < -0.39 is 30.1 Å². The van der Waals surface area contributed by atoms with Gasteiger partial charge in [0.05, 0.1) is 12.0 Å². The van der Waals surface area contributed by atoms with Crippen LogP contribution in [-0.2, 0) is 19.1 Å². The third-order valence-electron chi connectivity index (χ3n) is 6.51. The molecular weight excluding hydrogens is 436 g/mol. The molecule has 1 fully saturated rings. The van der Waals surface area contributed by atoms with Crippen LogP contribution in [0.1, 0.15) is 43.2 Å². The van der Waals surface area contributed by atoms with Crippen LogP contribution in [0.3, 0.4) is 0 Å². The van der Waals surface area contributed by atoms with Crippen LogP contribution in [0.25, 0.3) is 11.1 Å². The molecule has 3 N–H and O–H groups in total. The minimum absolute atomic E-state index is 0.0387. The van der Waals surface area contributed by atoms with Crippen molar-refractivity contribution in [1.29, 1.82) is 0 Å². The number of hydrogen-bond acceptors (Lipinski definition) is 5. The summed E-state index contributed by atoms with van der Waals surface area (Å²) in [7, 11) is 0. The molecule has 2 aromatic carbocycles. The summed E-state index contributed by atoms with van der Waals surface area (Å²) in [5.74, 6) is -1.90. The number of nitrogens with one attached hydrogen (secondary N) is 2. The zero-order chi connectivity index (χ0) is 24.1. The molecule has 1 aliphatic carbocycles. The normalized spacial score (nSPS) is 19.7. The lowest BCUT2D eigenvalue weighted by Crippen LogP contribution is -2.48. The first-order chi connectivity index (χ1) is 16.5. The molecule has 1 aliphatic heterocycles. The highest BCUT2D eigenvalue weighted by atomic mass is 16.5. The van der Waals surface area contributed by atoms with Crippen LogP contribution in [0.2, 0.25) is 0 Å². The number of hydrogen-bond donors (Lipinski definition) is 3. The number of carbonyl (C=O) groups is 3. The lowest BCUT2D eigenvalue weighted by atomic mass is 9.98.